The zero-order chi connectivity index (χ0) is 20.5. The summed E-state index contributed by atoms with van der Waals surface area (Å²) in [4.78, 5) is 12.5. The molecule has 1 aromatic carbocycles. The molecule has 0 unspecified atom stereocenters. The van der Waals surface area contributed by atoms with Crippen molar-refractivity contribution in [2.24, 2.45) is 5.92 Å². The van der Waals surface area contributed by atoms with Gasteiger partial charge in [-0.15, -0.1) is 0 Å². The number of ether oxygens (including phenoxy) is 2. The molecule has 0 aliphatic carbocycles. The number of aryl methyl sites for hydroxylation is 1. The number of hydrogen-bond donors (Lipinski definition) is 1. The second-order valence-corrected chi connectivity index (χ2v) is 8.24. The van der Waals surface area contributed by atoms with Crippen LogP contribution in [0.4, 0.5) is 0 Å². The molecule has 28 heavy (non-hydrogen) atoms. The minimum absolute atomic E-state index is 0.213. The minimum atomic E-state index is -0.580. The summed E-state index contributed by atoms with van der Waals surface area (Å²) < 4.78 is 12.5. The lowest BCUT2D eigenvalue weighted by Crippen LogP contribution is -2.40. The van der Waals surface area contributed by atoms with Crippen LogP contribution in [-0.4, -0.2) is 22.5 Å². The highest BCUT2D eigenvalue weighted by atomic mass is 35.5. The van der Waals surface area contributed by atoms with E-state index in [4.69, 9.17) is 21.1 Å². The first-order valence-corrected chi connectivity index (χ1v) is 9.68. The maximum absolute atomic E-state index is 12.5. The molecule has 0 bridgehead atoms. The van der Waals surface area contributed by atoms with Gasteiger partial charge < -0.3 is 14.8 Å². The van der Waals surface area contributed by atoms with Gasteiger partial charge in [-0.05, 0) is 50.5 Å². The molecule has 7 heteroatoms. The van der Waals surface area contributed by atoms with Gasteiger partial charge in [-0.2, -0.15) is 5.10 Å². The summed E-state index contributed by atoms with van der Waals surface area (Å²) in [6.07, 6.45) is 3.21. The number of carbonyl (C=O) groups excluding carboxylic acids is 1. The summed E-state index contributed by atoms with van der Waals surface area (Å²) >= 11 is 6.43. The van der Waals surface area contributed by atoms with Gasteiger partial charge in [0.15, 0.2) is 11.5 Å². The summed E-state index contributed by atoms with van der Waals surface area (Å²) in [5.74, 6) is 1.62. The van der Waals surface area contributed by atoms with Crippen LogP contribution in [0.3, 0.4) is 0 Å². The van der Waals surface area contributed by atoms with E-state index >= 15 is 0 Å². The fourth-order valence-electron chi connectivity index (χ4n) is 3.09. The lowest BCUT2D eigenvalue weighted by Gasteiger charge is -2.26. The van der Waals surface area contributed by atoms with E-state index in [9.17, 15) is 4.79 Å². The number of nitrogens with one attached hydrogen (secondary N) is 1. The Morgan fingerprint density at radius 2 is 2.07 bits per heavy atom. The molecule has 0 saturated carbocycles. The SMILES string of the molecule is Cc1nn(CC(C)C)c(Cl)c1/C=C/C(=O)NC(C)(C)c1ccc2c(c1)OCO2. The van der Waals surface area contributed by atoms with E-state index in [-0.39, 0.29) is 12.7 Å². The van der Waals surface area contributed by atoms with Gasteiger partial charge in [-0.1, -0.05) is 31.5 Å². The number of hydrogen-bond acceptors (Lipinski definition) is 4. The van der Waals surface area contributed by atoms with Gasteiger partial charge in [0, 0.05) is 18.2 Å². The molecule has 2 aromatic rings. The van der Waals surface area contributed by atoms with Crippen molar-refractivity contribution >= 4 is 23.6 Å². The number of fused-ring (bicyclic) bond motifs is 1. The Bertz CT molecular complexity index is 916. The Kier molecular flexibility index (Phi) is 5.70. The number of halogens is 1. The minimum Gasteiger partial charge on any atom is -0.454 e. The molecule has 1 aromatic heterocycles. The molecular weight excluding hydrogens is 378 g/mol. The Balaban J connectivity index is 1.72. The van der Waals surface area contributed by atoms with Crippen molar-refractivity contribution in [3.05, 3.63) is 46.2 Å². The van der Waals surface area contributed by atoms with Crippen LogP contribution >= 0.6 is 11.6 Å². The van der Waals surface area contributed by atoms with Gasteiger partial charge in [0.05, 0.1) is 11.2 Å². The predicted molar refractivity (Wildman–Crippen MR) is 110 cm³/mol. The zero-order valence-electron chi connectivity index (χ0n) is 16.9. The third-order valence-electron chi connectivity index (χ3n) is 4.58. The molecule has 3 rings (SSSR count). The molecular formula is C21H26ClN3O3. The molecule has 0 spiro atoms. The van der Waals surface area contributed by atoms with Crippen LogP contribution in [0.15, 0.2) is 24.3 Å². The third kappa shape index (κ3) is 4.33. The first-order chi connectivity index (χ1) is 13.2. The molecule has 0 fully saturated rings. The maximum atomic E-state index is 12.5. The molecule has 1 N–H and O–H groups in total. The van der Waals surface area contributed by atoms with Crippen LogP contribution in [-0.2, 0) is 16.9 Å². The standard InChI is InChI=1S/C21H26ClN3O3/c1-13(2)11-25-20(22)16(14(3)24-25)7-9-19(26)23-21(4,5)15-6-8-17-18(10-15)28-12-27-17/h6-10,13H,11-12H2,1-5H3,(H,23,26)/b9-7+. The van der Waals surface area contributed by atoms with Crippen LogP contribution in [0.1, 0.15) is 44.5 Å². The quantitative estimate of drug-likeness (QED) is 0.730. The molecule has 0 atom stereocenters. The van der Waals surface area contributed by atoms with Crippen molar-refractivity contribution in [1.29, 1.82) is 0 Å². The van der Waals surface area contributed by atoms with Crippen LogP contribution < -0.4 is 14.8 Å². The van der Waals surface area contributed by atoms with Crippen LogP contribution in [0.2, 0.25) is 5.15 Å². The highest BCUT2D eigenvalue weighted by molar-refractivity contribution is 6.31. The van der Waals surface area contributed by atoms with Crippen LogP contribution in [0.25, 0.3) is 6.08 Å². The van der Waals surface area contributed by atoms with Crippen molar-refractivity contribution in [1.82, 2.24) is 15.1 Å². The second kappa shape index (κ2) is 7.87. The average Bonchev–Trinajstić information content (AvgIpc) is 3.17. The molecule has 0 saturated heterocycles. The summed E-state index contributed by atoms with van der Waals surface area (Å²) in [7, 11) is 0. The number of benzene rings is 1. The molecule has 6 nitrogen and oxygen atoms in total. The predicted octanol–water partition coefficient (Wildman–Crippen LogP) is 4.29. The number of nitrogens with zero attached hydrogens (tertiary/aromatic N) is 2. The Morgan fingerprint density at radius 3 is 2.79 bits per heavy atom. The van der Waals surface area contributed by atoms with Gasteiger partial charge >= 0.3 is 0 Å². The number of rotatable bonds is 6. The smallest absolute Gasteiger partial charge is 0.244 e. The normalized spacial score (nSPS) is 13.5. The molecule has 150 valence electrons. The molecule has 1 amide bonds. The second-order valence-electron chi connectivity index (χ2n) is 7.88. The lowest BCUT2D eigenvalue weighted by atomic mass is 9.93. The fourth-order valence-corrected chi connectivity index (χ4v) is 3.40. The largest absolute Gasteiger partial charge is 0.454 e. The Labute approximate surface area is 170 Å². The molecule has 2 heterocycles. The summed E-state index contributed by atoms with van der Waals surface area (Å²) in [5, 5.41) is 8.03. The van der Waals surface area contributed by atoms with Crippen molar-refractivity contribution < 1.29 is 14.3 Å². The van der Waals surface area contributed by atoms with E-state index < -0.39 is 5.54 Å². The molecule has 1 aliphatic rings. The van der Waals surface area contributed by atoms with Gasteiger partial charge in [-0.3, -0.25) is 9.48 Å². The van der Waals surface area contributed by atoms with Crippen LogP contribution in [0, 0.1) is 12.8 Å². The highest BCUT2D eigenvalue weighted by Crippen LogP contribution is 2.35. The van der Waals surface area contributed by atoms with E-state index in [1.165, 1.54) is 6.08 Å². The van der Waals surface area contributed by atoms with Crippen molar-refractivity contribution in [2.45, 2.75) is 46.7 Å². The summed E-state index contributed by atoms with van der Waals surface area (Å²) in [6, 6.07) is 5.67. The number of aromatic nitrogens is 2. The fraction of sp³-hybridized carbons (Fsp3) is 0.429. The monoisotopic (exact) mass is 403 g/mol. The van der Waals surface area contributed by atoms with E-state index in [1.54, 1.807) is 10.8 Å². The van der Waals surface area contributed by atoms with Gasteiger partial charge in [0.2, 0.25) is 12.7 Å². The maximum Gasteiger partial charge on any atom is 0.244 e. The highest BCUT2D eigenvalue weighted by Gasteiger charge is 2.25. The van der Waals surface area contributed by atoms with Crippen LogP contribution in [0.5, 0.6) is 11.5 Å². The van der Waals surface area contributed by atoms with E-state index in [0.717, 1.165) is 23.4 Å². The average molecular weight is 404 g/mol. The first-order valence-electron chi connectivity index (χ1n) is 9.30. The Hall–Kier alpha value is -2.47. The lowest BCUT2D eigenvalue weighted by molar-refractivity contribution is -0.118. The van der Waals surface area contributed by atoms with Gasteiger partial charge in [-0.25, -0.2) is 0 Å². The third-order valence-corrected chi connectivity index (χ3v) is 4.98. The van der Waals surface area contributed by atoms with Crippen molar-refractivity contribution in [3.8, 4) is 11.5 Å². The number of carbonyl (C=O) groups is 1. The van der Waals surface area contributed by atoms with Gasteiger partial charge in [0.25, 0.3) is 0 Å². The molecule has 1 aliphatic heterocycles. The van der Waals surface area contributed by atoms with E-state index in [2.05, 4.69) is 24.3 Å². The first kappa shape index (κ1) is 20.3. The summed E-state index contributed by atoms with van der Waals surface area (Å²) in [5.41, 5.74) is 1.91. The molecule has 0 radical (unpaired) electrons. The zero-order valence-corrected chi connectivity index (χ0v) is 17.6. The van der Waals surface area contributed by atoms with E-state index in [0.29, 0.717) is 22.6 Å². The van der Waals surface area contributed by atoms with E-state index in [1.807, 2.05) is 39.0 Å². The topological polar surface area (TPSA) is 65.4 Å². The van der Waals surface area contributed by atoms with Crippen molar-refractivity contribution in [3.63, 3.8) is 0 Å². The Morgan fingerprint density at radius 1 is 1.36 bits per heavy atom. The number of amides is 1. The van der Waals surface area contributed by atoms with Gasteiger partial charge in [0.1, 0.15) is 5.15 Å². The van der Waals surface area contributed by atoms with Crippen molar-refractivity contribution in [2.75, 3.05) is 6.79 Å². The summed E-state index contributed by atoms with van der Waals surface area (Å²) in [6.45, 7) is 10.9.